The average Bonchev–Trinajstić information content (AvgIpc) is 2.87. The topological polar surface area (TPSA) is 79.0 Å². The van der Waals surface area contributed by atoms with E-state index in [0.717, 1.165) is 22.0 Å². The van der Waals surface area contributed by atoms with Crippen molar-refractivity contribution in [2.24, 2.45) is 0 Å². The second-order valence-electron chi connectivity index (χ2n) is 6.67. The Balaban J connectivity index is 1.48. The van der Waals surface area contributed by atoms with Crippen molar-refractivity contribution in [3.63, 3.8) is 0 Å². The Hall–Kier alpha value is -3.35. The van der Waals surface area contributed by atoms with E-state index in [2.05, 4.69) is 5.32 Å². The maximum absolute atomic E-state index is 12.2. The number of rotatable bonds is 7. The highest BCUT2D eigenvalue weighted by Gasteiger charge is 2.41. The molecule has 1 atom stereocenters. The lowest BCUT2D eigenvalue weighted by Crippen LogP contribution is -2.37. The number of carbonyl (C=O) groups is 3. The molecular formula is C21H23N3O4. The third kappa shape index (κ3) is 4.49. The number of hydrogen-bond donors (Lipinski definition) is 1. The second-order valence-corrected chi connectivity index (χ2v) is 6.67. The molecule has 2 aromatic carbocycles. The minimum Gasteiger partial charge on any atom is -0.457 e. The maximum atomic E-state index is 12.2. The van der Waals surface area contributed by atoms with Crippen molar-refractivity contribution in [3.05, 3.63) is 60.2 Å². The number of amides is 4. The van der Waals surface area contributed by atoms with Crippen LogP contribution in [0.2, 0.25) is 0 Å². The van der Waals surface area contributed by atoms with Crippen LogP contribution in [0, 0.1) is 0 Å². The summed E-state index contributed by atoms with van der Waals surface area (Å²) in [4.78, 5) is 38.3. The predicted octanol–water partition coefficient (Wildman–Crippen LogP) is 2.42. The van der Waals surface area contributed by atoms with E-state index in [1.54, 1.807) is 0 Å². The van der Waals surface area contributed by atoms with E-state index < -0.39 is 12.1 Å². The Morgan fingerprint density at radius 3 is 2.43 bits per heavy atom. The molecule has 0 aliphatic carbocycles. The number of para-hydroxylation sites is 1. The second kappa shape index (κ2) is 8.56. The molecule has 2 aromatic rings. The predicted molar refractivity (Wildman–Crippen MR) is 104 cm³/mol. The van der Waals surface area contributed by atoms with Gasteiger partial charge in [0, 0.05) is 20.6 Å². The lowest BCUT2D eigenvalue weighted by Gasteiger charge is -2.15. The summed E-state index contributed by atoms with van der Waals surface area (Å²) in [5, 5.41) is 2.81. The molecule has 1 fully saturated rings. The molecule has 0 aromatic heterocycles. The largest absolute Gasteiger partial charge is 0.457 e. The Morgan fingerprint density at radius 2 is 1.75 bits per heavy atom. The summed E-state index contributed by atoms with van der Waals surface area (Å²) in [6, 6.07) is 16.1. The third-order valence-corrected chi connectivity index (χ3v) is 4.66. The molecule has 7 nitrogen and oxygen atoms in total. The van der Waals surface area contributed by atoms with Gasteiger partial charge in [-0.05, 0) is 36.2 Å². The number of imide groups is 1. The van der Waals surface area contributed by atoms with Crippen LogP contribution in [0.25, 0.3) is 0 Å². The summed E-state index contributed by atoms with van der Waals surface area (Å²) in [6.45, 7) is 0.433. The molecule has 0 unspecified atom stereocenters. The molecule has 7 heteroatoms. The number of nitrogens with zero attached hydrogens (tertiary/aromatic N) is 2. The van der Waals surface area contributed by atoms with Gasteiger partial charge in [-0.3, -0.25) is 14.5 Å². The fourth-order valence-electron chi connectivity index (χ4n) is 3.06. The van der Waals surface area contributed by atoms with Gasteiger partial charge < -0.3 is 15.0 Å². The van der Waals surface area contributed by atoms with Crippen LogP contribution < -0.4 is 10.1 Å². The number of nitrogens with one attached hydrogen (secondary N) is 1. The number of likely N-dealkylation sites (N-methyl/N-ethyl adjacent to an activating group) is 2. The SMILES string of the molecule is CN1C(=O)[C@H](CC(=O)NCCc2cccc(Oc3ccccc3)c2)N(C)C1=O. The normalized spacial score (nSPS) is 16.4. The summed E-state index contributed by atoms with van der Waals surface area (Å²) in [7, 11) is 2.95. The maximum Gasteiger partial charge on any atom is 0.326 e. The summed E-state index contributed by atoms with van der Waals surface area (Å²) in [5.41, 5.74) is 1.03. The van der Waals surface area contributed by atoms with Gasteiger partial charge in [-0.2, -0.15) is 0 Å². The molecule has 146 valence electrons. The summed E-state index contributed by atoms with van der Waals surface area (Å²) < 4.78 is 5.81. The van der Waals surface area contributed by atoms with Gasteiger partial charge in [-0.15, -0.1) is 0 Å². The fourth-order valence-corrected chi connectivity index (χ4v) is 3.06. The van der Waals surface area contributed by atoms with E-state index in [1.807, 2.05) is 54.6 Å². The van der Waals surface area contributed by atoms with E-state index in [0.29, 0.717) is 13.0 Å². The number of ether oxygens (including phenoxy) is 1. The van der Waals surface area contributed by atoms with E-state index in [1.165, 1.54) is 19.0 Å². The van der Waals surface area contributed by atoms with Crippen LogP contribution in [0.15, 0.2) is 54.6 Å². The van der Waals surface area contributed by atoms with Crippen molar-refractivity contribution in [3.8, 4) is 11.5 Å². The lowest BCUT2D eigenvalue weighted by atomic mass is 10.1. The minimum atomic E-state index is -0.736. The highest BCUT2D eigenvalue weighted by atomic mass is 16.5. The van der Waals surface area contributed by atoms with Gasteiger partial charge in [-0.25, -0.2) is 4.79 Å². The van der Waals surface area contributed by atoms with E-state index >= 15 is 0 Å². The van der Waals surface area contributed by atoms with Gasteiger partial charge in [0.2, 0.25) is 5.91 Å². The van der Waals surface area contributed by atoms with Crippen LogP contribution in [0.5, 0.6) is 11.5 Å². The molecule has 0 saturated carbocycles. The minimum absolute atomic E-state index is 0.0391. The van der Waals surface area contributed by atoms with E-state index in [-0.39, 0.29) is 18.2 Å². The quantitative estimate of drug-likeness (QED) is 0.747. The molecule has 0 radical (unpaired) electrons. The first-order valence-electron chi connectivity index (χ1n) is 9.08. The van der Waals surface area contributed by atoms with Crippen LogP contribution in [0.3, 0.4) is 0 Å². The zero-order valence-electron chi connectivity index (χ0n) is 15.9. The Kier molecular flexibility index (Phi) is 5.93. The first-order valence-corrected chi connectivity index (χ1v) is 9.08. The molecule has 3 rings (SSSR count). The number of hydrogen-bond acceptors (Lipinski definition) is 4. The number of urea groups is 1. The molecule has 0 spiro atoms. The number of carbonyl (C=O) groups excluding carboxylic acids is 3. The van der Waals surface area contributed by atoms with Gasteiger partial charge in [0.15, 0.2) is 0 Å². The van der Waals surface area contributed by atoms with Crippen molar-refractivity contribution in [1.29, 1.82) is 0 Å². The Bertz CT molecular complexity index is 869. The van der Waals surface area contributed by atoms with Crippen molar-refractivity contribution in [1.82, 2.24) is 15.1 Å². The van der Waals surface area contributed by atoms with Gasteiger partial charge in [-0.1, -0.05) is 30.3 Å². The van der Waals surface area contributed by atoms with Crippen molar-refractivity contribution in [2.45, 2.75) is 18.9 Å². The van der Waals surface area contributed by atoms with E-state index in [4.69, 9.17) is 4.74 Å². The standard InChI is InChI=1S/C21H23N3O4/c1-23-18(20(26)24(2)21(23)27)14-19(25)22-12-11-15-7-6-10-17(13-15)28-16-8-4-3-5-9-16/h3-10,13,18H,11-12,14H2,1-2H3,(H,22,25)/t18-/m0/s1. The Labute approximate surface area is 163 Å². The zero-order chi connectivity index (χ0) is 20.1. The zero-order valence-corrected chi connectivity index (χ0v) is 15.9. The van der Waals surface area contributed by atoms with Gasteiger partial charge in [0.05, 0.1) is 6.42 Å². The van der Waals surface area contributed by atoms with Crippen LogP contribution in [0.4, 0.5) is 4.79 Å². The van der Waals surface area contributed by atoms with Crippen LogP contribution in [-0.4, -0.2) is 54.3 Å². The van der Waals surface area contributed by atoms with Crippen molar-refractivity contribution >= 4 is 17.8 Å². The highest BCUT2D eigenvalue weighted by Crippen LogP contribution is 2.22. The fraction of sp³-hybridized carbons (Fsp3) is 0.286. The van der Waals surface area contributed by atoms with Crippen LogP contribution in [-0.2, 0) is 16.0 Å². The molecule has 1 aliphatic rings. The molecule has 4 amide bonds. The van der Waals surface area contributed by atoms with Crippen molar-refractivity contribution < 1.29 is 19.1 Å². The van der Waals surface area contributed by atoms with Gasteiger partial charge >= 0.3 is 6.03 Å². The van der Waals surface area contributed by atoms with Gasteiger partial charge in [0.25, 0.3) is 5.91 Å². The highest BCUT2D eigenvalue weighted by molar-refractivity contribution is 6.05. The molecule has 0 bridgehead atoms. The molecular weight excluding hydrogens is 358 g/mol. The first-order chi connectivity index (χ1) is 13.5. The lowest BCUT2D eigenvalue weighted by molar-refractivity contribution is -0.131. The first kappa shape index (κ1) is 19.4. The smallest absolute Gasteiger partial charge is 0.326 e. The summed E-state index contributed by atoms with van der Waals surface area (Å²) in [6.07, 6.45) is 0.591. The summed E-state index contributed by atoms with van der Waals surface area (Å²) >= 11 is 0. The van der Waals surface area contributed by atoms with Crippen LogP contribution in [0.1, 0.15) is 12.0 Å². The monoisotopic (exact) mass is 381 g/mol. The van der Waals surface area contributed by atoms with E-state index in [9.17, 15) is 14.4 Å². The average molecular weight is 381 g/mol. The van der Waals surface area contributed by atoms with Crippen LogP contribution >= 0.6 is 0 Å². The van der Waals surface area contributed by atoms with Gasteiger partial charge in [0.1, 0.15) is 17.5 Å². The van der Waals surface area contributed by atoms with Crippen molar-refractivity contribution in [2.75, 3.05) is 20.6 Å². The number of benzene rings is 2. The molecule has 1 aliphatic heterocycles. The Morgan fingerprint density at radius 1 is 1.04 bits per heavy atom. The molecule has 1 saturated heterocycles. The molecule has 1 N–H and O–H groups in total. The third-order valence-electron chi connectivity index (χ3n) is 4.66. The summed E-state index contributed by atoms with van der Waals surface area (Å²) in [5.74, 6) is 0.881. The molecule has 1 heterocycles. The molecule has 28 heavy (non-hydrogen) atoms.